The van der Waals surface area contributed by atoms with Crippen molar-refractivity contribution in [2.45, 2.75) is 321 Å². The van der Waals surface area contributed by atoms with Crippen LogP contribution in [0.1, 0.15) is 309 Å². The first-order valence-electron chi connectivity index (χ1n) is 28.9. The van der Waals surface area contributed by atoms with E-state index in [-0.39, 0.29) is 12.5 Å². The fourth-order valence-corrected chi connectivity index (χ4v) is 8.89. The molecule has 0 spiro atoms. The maximum absolute atomic E-state index is 12.5. The van der Waals surface area contributed by atoms with Gasteiger partial charge in [-0.05, 0) is 57.8 Å². The van der Waals surface area contributed by atoms with Crippen LogP contribution in [0.2, 0.25) is 0 Å². The van der Waals surface area contributed by atoms with Gasteiger partial charge in [-0.1, -0.05) is 294 Å². The summed E-state index contributed by atoms with van der Waals surface area (Å²) in [5, 5.41) is 23.2. The Morgan fingerprint density at radius 1 is 0.375 bits per heavy atom. The summed E-state index contributed by atoms with van der Waals surface area (Å²) in [5.41, 5.74) is 0. The molecule has 0 aliphatic heterocycles. The summed E-state index contributed by atoms with van der Waals surface area (Å²) < 4.78 is 0. The predicted octanol–water partition coefficient (Wildman–Crippen LogP) is 19.0. The van der Waals surface area contributed by atoms with E-state index < -0.39 is 12.1 Å². The summed E-state index contributed by atoms with van der Waals surface area (Å²) in [6.45, 7) is 4.33. The van der Waals surface area contributed by atoms with Crippen LogP contribution in [0.3, 0.4) is 0 Å². The monoisotopic (exact) mass is 896 g/mol. The number of amides is 1. The number of carbonyl (C=O) groups excluding carboxylic acids is 1. The van der Waals surface area contributed by atoms with Crippen LogP contribution >= 0.6 is 0 Å². The summed E-state index contributed by atoms with van der Waals surface area (Å²) in [5.74, 6) is -0.0630. The Morgan fingerprint density at radius 3 is 0.953 bits per heavy atom. The average Bonchev–Trinajstić information content (AvgIpc) is 3.30. The molecule has 2 unspecified atom stereocenters. The van der Waals surface area contributed by atoms with Gasteiger partial charge in [-0.2, -0.15) is 0 Å². The number of carbonyl (C=O) groups is 1. The fraction of sp³-hybridized carbons (Fsp3) is 0.850. The van der Waals surface area contributed by atoms with Crippen molar-refractivity contribution in [2.24, 2.45) is 0 Å². The second-order valence-electron chi connectivity index (χ2n) is 19.7. The van der Waals surface area contributed by atoms with Crippen molar-refractivity contribution in [3.05, 3.63) is 48.6 Å². The molecule has 0 bridgehead atoms. The Balaban J connectivity index is 3.50. The fourth-order valence-electron chi connectivity index (χ4n) is 8.89. The molecule has 64 heavy (non-hydrogen) atoms. The van der Waals surface area contributed by atoms with Gasteiger partial charge in [-0.3, -0.25) is 4.79 Å². The van der Waals surface area contributed by atoms with Crippen LogP contribution < -0.4 is 5.32 Å². The number of aliphatic hydroxyl groups excluding tert-OH is 2. The number of unbranched alkanes of at least 4 members (excludes halogenated alkanes) is 40. The van der Waals surface area contributed by atoms with Gasteiger partial charge in [0.2, 0.25) is 5.91 Å². The van der Waals surface area contributed by atoms with E-state index in [2.05, 4.69) is 55.6 Å². The first kappa shape index (κ1) is 62.4. The zero-order chi connectivity index (χ0) is 46.3. The Kier molecular flexibility index (Phi) is 54.2. The van der Waals surface area contributed by atoms with Gasteiger partial charge in [0.15, 0.2) is 0 Å². The zero-order valence-corrected chi connectivity index (χ0v) is 43.3. The standard InChI is InChI=1S/C60H113NO3/c1-3-5-7-9-11-13-15-17-19-21-23-25-27-29-30-32-34-36-38-40-42-44-46-48-50-52-54-56-60(64)61-58(57-62)59(63)55-53-51-49-47-45-43-41-39-37-35-33-31-28-26-24-22-20-18-16-14-12-10-8-6-4-2/h15,17,21,23,27,29,53,55,58-59,62-63H,3-14,16,18-20,22,24-26,28,30-52,54,56-57H2,1-2H3,(H,61,64)/b17-15-,23-21-,29-27-,55-53+. The maximum Gasteiger partial charge on any atom is 0.220 e. The lowest BCUT2D eigenvalue weighted by Gasteiger charge is -2.20. The first-order valence-corrected chi connectivity index (χ1v) is 28.9. The first-order chi connectivity index (χ1) is 31.7. The van der Waals surface area contributed by atoms with E-state index in [1.165, 1.54) is 250 Å². The molecule has 0 saturated carbocycles. The van der Waals surface area contributed by atoms with Crippen LogP contribution in [0.5, 0.6) is 0 Å². The van der Waals surface area contributed by atoms with Crippen LogP contribution in [0.15, 0.2) is 48.6 Å². The molecule has 376 valence electrons. The van der Waals surface area contributed by atoms with Crippen molar-refractivity contribution in [1.29, 1.82) is 0 Å². The van der Waals surface area contributed by atoms with Gasteiger partial charge in [-0.25, -0.2) is 0 Å². The molecule has 4 heteroatoms. The molecule has 0 radical (unpaired) electrons. The molecule has 1 amide bonds. The molecule has 0 rings (SSSR count). The van der Waals surface area contributed by atoms with Crippen molar-refractivity contribution in [2.75, 3.05) is 6.61 Å². The maximum atomic E-state index is 12.5. The van der Waals surface area contributed by atoms with Crippen LogP contribution in [-0.4, -0.2) is 34.9 Å². The Hall–Kier alpha value is -1.65. The molecule has 0 fully saturated rings. The van der Waals surface area contributed by atoms with Crippen LogP contribution in [0, 0.1) is 0 Å². The summed E-state index contributed by atoms with van der Waals surface area (Å²) >= 11 is 0. The molecule has 2 atom stereocenters. The number of hydrogen-bond acceptors (Lipinski definition) is 3. The number of allylic oxidation sites excluding steroid dienone is 7. The van der Waals surface area contributed by atoms with E-state index in [1.807, 2.05) is 6.08 Å². The molecular weight excluding hydrogens is 783 g/mol. The van der Waals surface area contributed by atoms with Crippen LogP contribution in [0.4, 0.5) is 0 Å². The lowest BCUT2D eigenvalue weighted by Crippen LogP contribution is -2.45. The summed E-state index contributed by atoms with van der Waals surface area (Å²) in [6, 6.07) is -0.625. The van der Waals surface area contributed by atoms with Crippen molar-refractivity contribution in [3.63, 3.8) is 0 Å². The van der Waals surface area contributed by atoms with Crippen LogP contribution in [0.25, 0.3) is 0 Å². The quantitative estimate of drug-likeness (QED) is 0.0421. The molecule has 4 nitrogen and oxygen atoms in total. The van der Waals surface area contributed by atoms with Crippen molar-refractivity contribution >= 4 is 5.91 Å². The van der Waals surface area contributed by atoms with E-state index in [0.717, 1.165) is 38.5 Å². The molecule has 0 aromatic rings. The van der Waals surface area contributed by atoms with E-state index in [1.54, 1.807) is 6.08 Å². The highest BCUT2D eigenvalue weighted by molar-refractivity contribution is 5.76. The average molecular weight is 897 g/mol. The molecule has 0 aromatic heterocycles. The molecule has 0 aliphatic carbocycles. The Labute approximate surface area is 401 Å². The largest absolute Gasteiger partial charge is 0.394 e. The van der Waals surface area contributed by atoms with E-state index in [4.69, 9.17) is 0 Å². The van der Waals surface area contributed by atoms with Gasteiger partial charge >= 0.3 is 0 Å². The molecular formula is C60H113NO3. The lowest BCUT2D eigenvalue weighted by molar-refractivity contribution is -0.123. The summed E-state index contributed by atoms with van der Waals surface area (Å²) in [7, 11) is 0. The van der Waals surface area contributed by atoms with E-state index >= 15 is 0 Å². The minimum atomic E-state index is -0.842. The van der Waals surface area contributed by atoms with Crippen molar-refractivity contribution in [3.8, 4) is 0 Å². The lowest BCUT2D eigenvalue weighted by atomic mass is 10.0. The highest BCUT2D eigenvalue weighted by Crippen LogP contribution is 2.17. The second-order valence-corrected chi connectivity index (χ2v) is 19.7. The smallest absolute Gasteiger partial charge is 0.220 e. The Morgan fingerprint density at radius 2 is 0.641 bits per heavy atom. The van der Waals surface area contributed by atoms with Crippen molar-refractivity contribution < 1.29 is 15.0 Å². The number of hydrogen-bond donors (Lipinski definition) is 3. The van der Waals surface area contributed by atoms with Gasteiger partial charge in [0.25, 0.3) is 0 Å². The SMILES string of the molecule is CCCCCCC/C=C\C/C=C\C/C=C\CCCCCCCCCCCCCCC(=O)NC(CO)C(O)/C=C/CCCCCCCCCCCCCCCCCCCCCCCCC. The normalized spacial score (nSPS) is 13.1. The highest BCUT2D eigenvalue weighted by atomic mass is 16.3. The van der Waals surface area contributed by atoms with Crippen LogP contribution in [-0.2, 0) is 4.79 Å². The number of nitrogens with one attached hydrogen (secondary N) is 1. The molecule has 3 N–H and O–H groups in total. The molecule has 0 aromatic carbocycles. The Bertz CT molecular complexity index is 1020. The van der Waals surface area contributed by atoms with E-state index in [0.29, 0.717) is 6.42 Å². The van der Waals surface area contributed by atoms with Gasteiger partial charge in [-0.15, -0.1) is 0 Å². The summed E-state index contributed by atoms with van der Waals surface area (Å²) in [6.07, 6.45) is 77.0. The second kappa shape index (κ2) is 55.7. The predicted molar refractivity (Wildman–Crippen MR) is 285 cm³/mol. The van der Waals surface area contributed by atoms with Gasteiger partial charge in [0, 0.05) is 6.42 Å². The molecule has 0 heterocycles. The van der Waals surface area contributed by atoms with Gasteiger partial charge in [0.1, 0.15) is 0 Å². The number of rotatable bonds is 53. The minimum absolute atomic E-state index is 0.0630. The number of aliphatic hydroxyl groups is 2. The van der Waals surface area contributed by atoms with Crippen molar-refractivity contribution in [1.82, 2.24) is 5.32 Å². The third-order valence-electron chi connectivity index (χ3n) is 13.3. The topological polar surface area (TPSA) is 69.6 Å². The van der Waals surface area contributed by atoms with Gasteiger partial charge in [0.05, 0.1) is 18.8 Å². The zero-order valence-electron chi connectivity index (χ0n) is 43.3. The third-order valence-corrected chi connectivity index (χ3v) is 13.3. The van der Waals surface area contributed by atoms with Gasteiger partial charge < -0.3 is 15.5 Å². The molecule has 0 aliphatic rings. The third kappa shape index (κ3) is 51.3. The highest BCUT2D eigenvalue weighted by Gasteiger charge is 2.18. The minimum Gasteiger partial charge on any atom is -0.394 e. The molecule has 0 saturated heterocycles. The summed E-state index contributed by atoms with van der Waals surface area (Å²) in [4.78, 5) is 12.5. The van der Waals surface area contributed by atoms with E-state index in [9.17, 15) is 15.0 Å².